The van der Waals surface area contributed by atoms with E-state index < -0.39 is 0 Å². The molecule has 0 radical (unpaired) electrons. The highest BCUT2D eigenvalue weighted by molar-refractivity contribution is 5.59. The van der Waals surface area contributed by atoms with Crippen LogP contribution in [0.2, 0.25) is 0 Å². The van der Waals surface area contributed by atoms with Crippen molar-refractivity contribution in [2.24, 2.45) is 4.99 Å². The molecular formula is C14H17N3O2. The molecular weight excluding hydrogens is 242 g/mol. The second-order valence-corrected chi connectivity index (χ2v) is 4.99. The van der Waals surface area contributed by atoms with E-state index in [2.05, 4.69) is 16.0 Å². The maximum atomic E-state index is 9.13. The molecule has 2 heterocycles. The van der Waals surface area contributed by atoms with Crippen molar-refractivity contribution < 1.29 is 9.47 Å². The Kier molecular flexibility index (Phi) is 3.82. The molecule has 0 saturated heterocycles. The molecule has 1 aromatic heterocycles. The molecule has 0 aliphatic carbocycles. The van der Waals surface area contributed by atoms with Crippen LogP contribution in [0.3, 0.4) is 0 Å². The highest BCUT2D eigenvalue weighted by atomic mass is 16.5. The Morgan fingerprint density at radius 2 is 2.42 bits per heavy atom. The number of nitriles is 1. The third kappa shape index (κ3) is 3.09. The Balaban J connectivity index is 2.37. The Bertz CT molecular complexity index is 544. The van der Waals surface area contributed by atoms with Crippen LogP contribution in [0.5, 0.6) is 0 Å². The minimum atomic E-state index is -0.227. The number of fused-ring (bicyclic) bond motifs is 1. The summed E-state index contributed by atoms with van der Waals surface area (Å²) in [5.41, 5.74) is 2.12. The van der Waals surface area contributed by atoms with Gasteiger partial charge in [0.25, 0.3) is 0 Å². The Hall–Kier alpha value is -1.93. The Labute approximate surface area is 112 Å². The zero-order valence-corrected chi connectivity index (χ0v) is 11.4. The van der Waals surface area contributed by atoms with E-state index in [4.69, 9.17) is 14.7 Å². The number of rotatable bonds is 3. The average molecular weight is 259 g/mol. The fourth-order valence-electron chi connectivity index (χ4n) is 1.93. The summed E-state index contributed by atoms with van der Waals surface area (Å²) in [5, 5.41) is 9.13. The summed E-state index contributed by atoms with van der Waals surface area (Å²) in [6, 6.07) is 3.91. The predicted molar refractivity (Wildman–Crippen MR) is 71.3 cm³/mol. The summed E-state index contributed by atoms with van der Waals surface area (Å²) in [6.45, 7) is 6.95. The van der Waals surface area contributed by atoms with Gasteiger partial charge in [0.05, 0.1) is 30.1 Å². The predicted octanol–water partition coefficient (Wildman–Crippen LogP) is 2.50. The molecule has 0 unspecified atom stereocenters. The molecule has 0 aromatic carbocycles. The van der Waals surface area contributed by atoms with E-state index in [-0.39, 0.29) is 5.60 Å². The van der Waals surface area contributed by atoms with Crippen LogP contribution in [0.1, 0.15) is 37.6 Å². The topological polar surface area (TPSA) is 67.5 Å². The summed E-state index contributed by atoms with van der Waals surface area (Å²) >= 11 is 0. The van der Waals surface area contributed by atoms with Gasteiger partial charge >= 0.3 is 0 Å². The molecule has 1 aliphatic heterocycles. The summed E-state index contributed by atoms with van der Waals surface area (Å²) in [5.74, 6) is 0.410. The average Bonchev–Trinajstić information content (AvgIpc) is 2.37. The van der Waals surface area contributed by atoms with E-state index in [1.54, 1.807) is 6.07 Å². The molecule has 2 rings (SSSR count). The molecule has 19 heavy (non-hydrogen) atoms. The fraction of sp³-hybridized carbons (Fsp3) is 0.500. The maximum absolute atomic E-state index is 9.13. The zero-order chi connectivity index (χ0) is 13.9. The summed E-state index contributed by atoms with van der Waals surface area (Å²) < 4.78 is 10.8. The molecule has 0 bridgehead atoms. The van der Waals surface area contributed by atoms with Crippen molar-refractivity contribution in [2.75, 3.05) is 6.61 Å². The van der Waals surface area contributed by atoms with Gasteiger partial charge in [-0.25, -0.2) is 4.98 Å². The monoisotopic (exact) mass is 259 g/mol. The van der Waals surface area contributed by atoms with Crippen molar-refractivity contribution in [3.05, 3.63) is 22.9 Å². The SMILES string of the molecule is CCO/C=N/c1nc2c(cc1C#N)COC(C)(C)C2. The standard InChI is InChI=1S/C14H17N3O2/c1-4-18-9-16-13-10(7-15)5-11-8-19-14(2,3)6-12(11)17-13/h5,9H,4,6,8H2,1-3H3/b16-9+. The molecule has 1 aromatic rings. The second-order valence-electron chi connectivity index (χ2n) is 4.99. The largest absolute Gasteiger partial charge is 0.483 e. The number of hydrogen-bond donors (Lipinski definition) is 0. The number of nitrogens with zero attached hydrogens (tertiary/aromatic N) is 3. The summed E-state index contributed by atoms with van der Waals surface area (Å²) in [4.78, 5) is 8.57. The molecule has 0 spiro atoms. The van der Waals surface area contributed by atoms with Crippen LogP contribution in [0.4, 0.5) is 5.82 Å². The summed E-state index contributed by atoms with van der Waals surface area (Å²) in [6.07, 6.45) is 2.05. The van der Waals surface area contributed by atoms with E-state index in [1.165, 1.54) is 6.40 Å². The lowest BCUT2D eigenvalue weighted by Gasteiger charge is -2.31. The van der Waals surface area contributed by atoms with Crippen LogP contribution in [-0.4, -0.2) is 23.6 Å². The smallest absolute Gasteiger partial charge is 0.176 e. The van der Waals surface area contributed by atoms with Crippen LogP contribution in [0.25, 0.3) is 0 Å². The molecule has 0 fully saturated rings. The number of aliphatic imine (C=N–C) groups is 1. The van der Waals surface area contributed by atoms with E-state index in [0.29, 0.717) is 31.0 Å². The lowest BCUT2D eigenvalue weighted by molar-refractivity contribution is -0.0412. The number of ether oxygens (including phenoxy) is 2. The van der Waals surface area contributed by atoms with Crippen LogP contribution in [0.15, 0.2) is 11.1 Å². The van der Waals surface area contributed by atoms with Gasteiger partial charge in [-0.05, 0) is 26.8 Å². The van der Waals surface area contributed by atoms with Gasteiger partial charge in [-0.15, -0.1) is 0 Å². The highest BCUT2D eigenvalue weighted by Gasteiger charge is 2.28. The lowest BCUT2D eigenvalue weighted by Crippen LogP contribution is -2.32. The van der Waals surface area contributed by atoms with Crippen molar-refractivity contribution in [3.8, 4) is 6.07 Å². The van der Waals surface area contributed by atoms with E-state index in [0.717, 1.165) is 11.3 Å². The van der Waals surface area contributed by atoms with Crippen molar-refractivity contribution >= 4 is 12.2 Å². The van der Waals surface area contributed by atoms with Crippen LogP contribution >= 0.6 is 0 Å². The molecule has 1 aliphatic rings. The van der Waals surface area contributed by atoms with E-state index in [1.807, 2.05) is 20.8 Å². The zero-order valence-electron chi connectivity index (χ0n) is 11.4. The van der Waals surface area contributed by atoms with Gasteiger partial charge in [-0.1, -0.05) is 0 Å². The molecule has 100 valence electrons. The molecule has 0 saturated carbocycles. The minimum Gasteiger partial charge on any atom is -0.483 e. The number of hydrogen-bond acceptors (Lipinski definition) is 5. The maximum Gasteiger partial charge on any atom is 0.176 e. The van der Waals surface area contributed by atoms with Crippen LogP contribution < -0.4 is 0 Å². The third-order valence-corrected chi connectivity index (χ3v) is 2.92. The lowest BCUT2D eigenvalue weighted by atomic mass is 9.95. The van der Waals surface area contributed by atoms with Gasteiger partial charge < -0.3 is 9.47 Å². The van der Waals surface area contributed by atoms with Gasteiger partial charge in [0, 0.05) is 12.0 Å². The normalized spacial score (nSPS) is 16.9. The molecule has 5 heteroatoms. The minimum absolute atomic E-state index is 0.227. The second kappa shape index (κ2) is 5.37. The van der Waals surface area contributed by atoms with Crippen LogP contribution in [-0.2, 0) is 22.5 Å². The van der Waals surface area contributed by atoms with E-state index >= 15 is 0 Å². The van der Waals surface area contributed by atoms with Crippen molar-refractivity contribution in [1.29, 1.82) is 5.26 Å². The molecule has 0 atom stereocenters. The first-order chi connectivity index (χ1) is 9.05. The Morgan fingerprint density at radius 1 is 1.63 bits per heavy atom. The van der Waals surface area contributed by atoms with Gasteiger partial charge in [0.15, 0.2) is 12.2 Å². The molecule has 0 N–H and O–H groups in total. The van der Waals surface area contributed by atoms with Gasteiger partial charge in [-0.2, -0.15) is 10.3 Å². The molecule has 5 nitrogen and oxygen atoms in total. The van der Waals surface area contributed by atoms with Gasteiger partial charge in [0.1, 0.15) is 6.07 Å². The highest BCUT2D eigenvalue weighted by Crippen LogP contribution is 2.29. The quantitative estimate of drug-likeness (QED) is 0.618. The van der Waals surface area contributed by atoms with E-state index in [9.17, 15) is 0 Å². The fourth-order valence-corrected chi connectivity index (χ4v) is 1.93. The number of aromatic nitrogens is 1. The van der Waals surface area contributed by atoms with Gasteiger partial charge in [-0.3, -0.25) is 0 Å². The first-order valence-corrected chi connectivity index (χ1v) is 6.26. The first-order valence-electron chi connectivity index (χ1n) is 6.26. The molecule has 0 amide bonds. The van der Waals surface area contributed by atoms with Crippen molar-refractivity contribution in [2.45, 2.75) is 39.4 Å². The van der Waals surface area contributed by atoms with Crippen LogP contribution in [0, 0.1) is 11.3 Å². The first kappa shape index (κ1) is 13.5. The summed E-state index contributed by atoms with van der Waals surface area (Å²) in [7, 11) is 0. The van der Waals surface area contributed by atoms with Crippen molar-refractivity contribution in [3.63, 3.8) is 0 Å². The number of pyridine rings is 1. The Morgan fingerprint density at radius 3 is 3.11 bits per heavy atom. The van der Waals surface area contributed by atoms with Crippen molar-refractivity contribution in [1.82, 2.24) is 4.98 Å². The third-order valence-electron chi connectivity index (χ3n) is 2.92. The van der Waals surface area contributed by atoms with Gasteiger partial charge in [0.2, 0.25) is 0 Å².